The summed E-state index contributed by atoms with van der Waals surface area (Å²) in [6.45, 7) is 8.95. The molecular formula is C60H97N3O22. The summed E-state index contributed by atoms with van der Waals surface area (Å²) in [7, 11) is 0. The van der Waals surface area contributed by atoms with Gasteiger partial charge in [-0.1, -0.05) is 98.9 Å². The Hall–Kier alpha value is -3.72. The van der Waals surface area contributed by atoms with Crippen LogP contribution < -0.4 is 10.6 Å². The monoisotopic (exact) mass is 1210 g/mol. The third-order valence-electron chi connectivity index (χ3n) is 16.3. The van der Waals surface area contributed by atoms with E-state index in [1.807, 2.05) is 13.0 Å². The van der Waals surface area contributed by atoms with Crippen LogP contribution in [-0.2, 0) is 38.0 Å². The van der Waals surface area contributed by atoms with Gasteiger partial charge in [-0.2, -0.15) is 0 Å². The normalized spacial score (nSPS) is 44.4. The van der Waals surface area contributed by atoms with Crippen LogP contribution in [0.4, 0.5) is 0 Å². The average Bonchev–Trinajstić information content (AvgIpc) is 3.49. The molecular weight excluding hydrogens is 1110 g/mol. The fourth-order valence-corrected chi connectivity index (χ4v) is 11.0. The Kier molecular flexibility index (Phi) is 30.1. The molecule has 0 spiro atoms. The Morgan fingerprint density at radius 3 is 1.94 bits per heavy atom. The first-order chi connectivity index (χ1) is 40.3. The molecule has 484 valence electrons. The van der Waals surface area contributed by atoms with Gasteiger partial charge in [-0.3, -0.25) is 14.5 Å². The molecule has 0 aromatic rings. The standard InChI is InChI=1S/C60H97N3O22/c1-36-18-15-13-11-9-7-5-6-8-10-12-14-16-19-43(84-58-55(75)51(53(73)39(4)83-58)62-35-60(79)56(76)54(74)47(70)34-81-60)31-48-50(57(77)61-22-17-23-63-24-26-80-27-25-63)46(69)33-59(78,85-48)32-42(66)29-45(68)44(67)21-20-40(64)28-41(65)30-49(71)82-38(3)37(2)52(36)72/h5-16,18-19,36-48,50-56,58,62,64-70,72-76,78-79H,17,20-35H2,1-4H3,(H,61,77)/b6-5+,9-7+,10-8+,13-11+,14-12+,18-15-,19-16+/t36-,37?,38-,39+,40+,41+,42-,43-,44-,45+,46-,47+,48?,50?,51-,52+,53+,54-,55-,56-,58-,59+,60+/m0/s1. The fraction of sp³-hybridized carbons (Fsp3) is 0.733. The van der Waals surface area contributed by atoms with Gasteiger partial charge in [-0.15, -0.1) is 0 Å². The number of carbonyl (C=O) groups excluding carboxylic acids is 2. The van der Waals surface area contributed by atoms with Crippen molar-refractivity contribution in [3.05, 3.63) is 85.1 Å². The van der Waals surface area contributed by atoms with E-state index in [0.29, 0.717) is 26.2 Å². The summed E-state index contributed by atoms with van der Waals surface area (Å²) in [6, 6.07) is -1.34. The van der Waals surface area contributed by atoms with Crippen LogP contribution in [-0.4, -0.2) is 262 Å². The highest BCUT2D eigenvalue weighted by Gasteiger charge is 2.53. The van der Waals surface area contributed by atoms with Crippen molar-refractivity contribution < 1.29 is 110 Å². The molecule has 2 bridgehead atoms. The van der Waals surface area contributed by atoms with Gasteiger partial charge in [0.05, 0.1) is 112 Å². The molecule has 0 aromatic carbocycles. The summed E-state index contributed by atoms with van der Waals surface area (Å²) in [5.74, 6) is -8.36. The molecule has 0 saturated carbocycles. The number of amides is 1. The lowest BCUT2D eigenvalue weighted by atomic mass is 9.82. The van der Waals surface area contributed by atoms with E-state index >= 15 is 0 Å². The first-order valence-corrected chi connectivity index (χ1v) is 29.7. The van der Waals surface area contributed by atoms with Crippen molar-refractivity contribution in [1.29, 1.82) is 0 Å². The molecule has 16 N–H and O–H groups in total. The number of nitrogens with one attached hydrogen (secondary N) is 2. The van der Waals surface area contributed by atoms with Crippen molar-refractivity contribution >= 4 is 11.9 Å². The summed E-state index contributed by atoms with van der Waals surface area (Å²) in [4.78, 5) is 29.2. The third kappa shape index (κ3) is 23.0. The smallest absolute Gasteiger partial charge is 0.308 e. The molecule has 25 heteroatoms. The van der Waals surface area contributed by atoms with Crippen LogP contribution in [0.3, 0.4) is 0 Å². The SMILES string of the molecule is CC1[C@H](C)OC(=O)C[C@H](O)C[C@H](O)CC[C@H](O)[C@H](O)C[C@H](O)C[C@]2(O)C[C@H](O)C(C(=O)NCCCN3CCOCC3)C(C[C@@H](O[C@@H]3O[C@H](C)[C@@H](O)[C@H](NC[C@@]4(O)OC[C@@H](O)[C@H](O)[C@@H]4O)[C@@H]3O)/C=C/C=C/C=C/C=C/C=C/C=C/C=C\[C@H](C)[C@H]1O)O2. The van der Waals surface area contributed by atoms with Gasteiger partial charge in [0, 0.05) is 57.2 Å². The van der Waals surface area contributed by atoms with Crippen LogP contribution in [0.15, 0.2) is 85.1 Å². The summed E-state index contributed by atoms with van der Waals surface area (Å²) in [5.41, 5.74) is 0. The Morgan fingerprint density at radius 2 is 1.29 bits per heavy atom. The molecule has 85 heavy (non-hydrogen) atoms. The lowest BCUT2D eigenvalue weighted by molar-refractivity contribution is -0.323. The molecule has 25 nitrogen and oxygen atoms in total. The number of hydrogen-bond acceptors (Lipinski definition) is 24. The van der Waals surface area contributed by atoms with Crippen molar-refractivity contribution in [1.82, 2.24) is 15.5 Å². The molecule has 5 aliphatic rings. The van der Waals surface area contributed by atoms with Crippen LogP contribution in [0.1, 0.15) is 85.5 Å². The Bertz CT molecular complexity index is 2210. The van der Waals surface area contributed by atoms with Crippen LogP contribution in [0.5, 0.6) is 0 Å². The summed E-state index contributed by atoms with van der Waals surface area (Å²) >= 11 is 0. The highest BCUT2D eigenvalue weighted by molar-refractivity contribution is 5.80. The fourth-order valence-electron chi connectivity index (χ4n) is 11.0. The van der Waals surface area contributed by atoms with Crippen molar-refractivity contribution in [2.75, 3.05) is 52.5 Å². The maximum atomic E-state index is 14.2. The summed E-state index contributed by atoms with van der Waals surface area (Å²) in [6.07, 6.45) is -2.45. The van der Waals surface area contributed by atoms with Crippen LogP contribution >= 0.6 is 0 Å². The van der Waals surface area contributed by atoms with Gasteiger partial charge < -0.3 is 111 Å². The van der Waals surface area contributed by atoms with E-state index in [4.69, 9.17) is 28.4 Å². The molecule has 5 aliphatic heterocycles. The topological polar surface area (TPSA) is 400 Å². The zero-order valence-corrected chi connectivity index (χ0v) is 49.2. The largest absolute Gasteiger partial charge is 0.462 e. The number of hydrogen-bond donors (Lipinski definition) is 16. The van der Waals surface area contributed by atoms with Crippen molar-refractivity contribution in [3.63, 3.8) is 0 Å². The number of aliphatic hydroxyl groups is 14. The van der Waals surface area contributed by atoms with E-state index in [0.717, 1.165) is 13.1 Å². The number of allylic oxidation sites excluding steroid dienone is 12. The molecule has 0 aliphatic carbocycles. The minimum absolute atomic E-state index is 0.130. The van der Waals surface area contributed by atoms with Crippen LogP contribution in [0, 0.1) is 17.8 Å². The quantitative estimate of drug-likeness (QED) is 0.0823. The van der Waals surface area contributed by atoms with E-state index < -0.39 is 184 Å². The molecule has 1 amide bonds. The predicted molar refractivity (Wildman–Crippen MR) is 307 cm³/mol. The molecule has 23 atom stereocenters. The van der Waals surface area contributed by atoms with Gasteiger partial charge >= 0.3 is 5.97 Å². The second-order valence-corrected chi connectivity index (χ2v) is 23.3. The van der Waals surface area contributed by atoms with Gasteiger partial charge in [0.25, 0.3) is 0 Å². The van der Waals surface area contributed by atoms with E-state index in [1.165, 1.54) is 13.0 Å². The lowest BCUT2D eigenvalue weighted by Crippen LogP contribution is -2.69. The molecule has 5 heterocycles. The van der Waals surface area contributed by atoms with E-state index in [-0.39, 0.29) is 38.1 Å². The third-order valence-corrected chi connectivity index (χ3v) is 16.3. The minimum atomic E-state index is -2.47. The van der Waals surface area contributed by atoms with Gasteiger partial charge in [0.2, 0.25) is 11.7 Å². The second-order valence-electron chi connectivity index (χ2n) is 23.3. The molecule has 0 aromatic heterocycles. The van der Waals surface area contributed by atoms with E-state index in [2.05, 4.69) is 15.5 Å². The molecule has 3 unspecified atom stereocenters. The second kappa shape index (κ2) is 35.5. The first-order valence-electron chi connectivity index (χ1n) is 29.7. The predicted octanol–water partition coefficient (Wildman–Crippen LogP) is -2.10. The van der Waals surface area contributed by atoms with Gasteiger partial charge in [0.1, 0.15) is 30.5 Å². The van der Waals surface area contributed by atoms with Crippen molar-refractivity contribution in [3.8, 4) is 0 Å². The maximum Gasteiger partial charge on any atom is 0.308 e. The van der Waals surface area contributed by atoms with E-state index in [9.17, 15) is 81.1 Å². The number of cyclic esters (lactones) is 1. The zero-order chi connectivity index (χ0) is 62.4. The van der Waals surface area contributed by atoms with Crippen LogP contribution in [0.2, 0.25) is 0 Å². The lowest BCUT2D eigenvalue weighted by Gasteiger charge is -2.47. The van der Waals surface area contributed by atoms with Crippen LogP contribution in [0.25, 0.3) is 0 Å². The number of morpholine rings is 1. The summed E-state index contributed by atoms with van der Waals surface area (Å²) < 4.78 is 35.0. The molecule has 4 fully saturated rings. The van der Waals surface area contributed by atoms with Crippen molar-refractivity contribution in [2.24, 2.45) is 17.8 Å². The molecule has 0 radical (unpaired) electrons. The van der Waals surface area contributed by atoms with Gasteiger partial charge in [-0.05, 0) is 46.1 Å². The zero-order valence-electron chi connectivity index (χ0n) is 49.2. The Balaban J connectivity index is 1.42. The maximum absolute atomic E-state index is 14.2. The van der Waals surface area contributed by atoms with E-state index in [1.54, 1.807) is 86.8 Å². The number of aliphatic hydroxyl groups excluding tert-OH is 12. The number of ether oxygens (including phenoxy) is 6. The van der Waals surface area contributed by atoms with Gasteiger partial charge in [0.15, 0.2) is 12.1 Å². The number of rotatable bonds is 10. The van der Waals surface area contributed by atoms with Crippen molar-refractivity contribution in [2.45, 2.75) is 207 Å². The number of fused-ring (bicyclic) bond motifs is 2. The average molecular weight is 1210 g/mol. The molecule has 5 rings (SSSR count). The number of esters is 1. The summed E-state index contributed by atoms with van der Waals surface area (Å²) in [5, 5.41) is 160. The number of nitrogens with zero attached hydrogens (tertiary/aromatic N) is 1. The van der Waals surface area contributed by atoms with Gasteiger partial charge in [-0.25, -0.2) is 0 Å². The highest BCUT2D eigenvalue weighted by Crippen LogP contribution is 2.39. The Labute approximate surface area is 497 Å². The highest BCUT2D eigenvalue weighted by atomic mass is 16.7. The first kappa shape index (κ1) is 72.0. The number of carbonyl (C=O) groups is 2. The molecule has 4 saturated heterocycles. The minimum Gasteiger partial charge on any atom is -0.462 e. The Morgan fingerprint density at radius 1 is 0.671 bits per heavy atom.